The topological polar surface area (TPSA) is 87.3 Å². The second-order valence-corrected chi connectivity index (χ2v) is 7.37. The van der Waals surface area contributed by atoms with Crippen LogP contribution in [0, 0.1) is 0 Å². The number of carbonyl (C=O) groups excluding carboxylic acids is 3. The Labute approximate surface area is 143 Å². The largest absolute Gasteiger partial charge is 0.351 e. The Kier molecular flexibility index (Phi) is 6.10. The molecule has 2 rings (SSSR count). The van der Waals surface area contributed by atoms with Crippen molar-refractivity contribution >= 4 is 56.3 Å². The smallest absolute Gasteiger partial charge is 0.279 e. The van der Waals surface area contributed by atoms with E-state index in [0.717, 1.165) is 3.79 Å². The van der Waals surface area contributed by atoms with Crippen molar-refractivity contribution in [3.8, 4) is 0 Å². The van der Waals surface area contributed by atoms with Crippen LogP contribution in [0.2, 0.25) is 0 Å². The van der Waals surface area contributed by atoms with Crippen LogP contribution < -0.4 is 16.2 Å². The molecule has 6 nitrogen and oxygen atoms in total. The lowest BCUT2D eigenvalue weighted by Crippen LogP contribution is -2.42. The summed E-state index contributed by atoms with van der Waals surface area (Å²) in [6.07, 6.45) is 0.0737. The van der Waals surface area contributed by atoms with Crippen molar-refractivity contribution in [2.45, 2.75) is 6.42 Å². The van der Waals surface area contributed by atoms with Crippen molar-refractivity contribution in [3.05, 3.63) is 43.2 Å². The average Bonchev–Trinajstić information content (AvgIpc) is 3.15. The third kappa shape index (κ3) is 4.93. The third-order valence-corrected chi connectivity index (χ3v) is 4.84. The lowest BCUT2D eigenvalue weighted by atomic mass is 10.3. The minimum Gasteiger partial charge on any atom is -0.351 e. The van der Waals surface area contributed by atoms with Crippen LogP contribution in [-0.2, 0) is 4.79 Å². The molecule has 22 heavy (non-hydrogen) atoms. The van der Waals surface area contributed by atoms with Gasteiger partial charge in [0, 0.05) is 23.9 Å². The first kappa shape index (κ1) is 16.7. The molecule has 0 atom stereocenters. The molecule has 9 heteroatoms. The predicted octanol–water partition coefficient (Wildman–Crippen LogP) is 2.15. The van der Waals surface area contributed by atoms with Gasteiger partial charge in [0.05, 0.1) is 8.66 Å². The van der Waals surface area contributed by atoms with Crippen LogP contribution in [0.15, 0.2) is 32.7 Å². The fraction of sp³-hybridized carbons (Fsp3) is 0.154. The highest BCUT2D eigenvalue weighted by molar-refractivity contribution is 9.11. The first-order chi connectivity index (χ1) is 10.6. The second kappa shape index (κ2) is 8.06. The Morgan fingerprint density at radius 3 is 2.55 bits per heavy atom. The van der Waals surface area contributed by atoms with Gasteiger partial charge in [-0.15, -0.1) is 11.3 Å². The number of nitrogens with one attached hydrogen (secondary N) is 3. The molecule has 2 aromatic rings. The molecule has 2 heterocycles. The van der Waals surface area contributed by atoms with E-state index >= 15 is 0 Å². The fourth-order valence-electron chi connectivity index (χ4n) is 1.47. The van der Waals surface area contributed by atoms with Crippen molar-refractivity contribution in [2.75, 3.05) is 6.54 Å². The highest BCUT2D eigenvalue weighted by Crippen LogP contribution is 2.21. The summed E-state index contributed by atoms with van der Waals surface area (Å²) in [4.78, 5) is 35.4. The van der Waals surface area contributed by atoms with Crippen molar-refractivity contribution in [3.63, 3.8) is 0 Å². The first-order valence-corrected chi connectivity index (χ1v) is 8.76. The highest BCUT2D eigenvalue weighted by Gasteiger charge is 2.10. The Balaban J connectivity index is 1.66. The van der Waals surface area contributed by atoms with E-state index in [4.69, 9.17) is 0 Å². The van der Waals surface area contributed by atoms with E-state index in [9.17, 15) is 14.4 Å². The van der Waals surface area contributed by atoms with Gasteiger partial charge in [0.15, 0.2) is 0 Å². The van der Waals surface area contributed by atoms with Crippen molar-refractivity contribution in [1.82, 2.24) is 16.2 Å². The minimum atomic E-state index is -0.383. The average molecular weight is 402 g/mol. The molecule has 3 amide bonds. The van der Waals surface area contributed by atoms with Crippen LogP contribution in [0.3, 0.4) is 0 Å². The van der Waals surface area contributed by atoms with Gasteiger partial charge in [0.2, 0.25) is 5.91 Å². The Morgan fingerprint density at radius 2 is 1.91 bits per heavy atom. The molecular formula is C13H12BrN3O3S2. The van der Waals surface area contributed by atoms with E-state index in [1.54, 1.807) is 29.0 Å². The lowest BCUT2D eigenvalue weighted by molar-refractivity contribution is -0.121. The molecule has 0 aromatic carbocycles. The summed E-state index contributed by atoms with van der Waals surface area (Å²) in [5.41, 5.74) is 5.19. The zero-order chi connectivity index (χ0) is 15.9. The molecule has 0 spiro atoms. The van der Waals surface area contributed by atoms with E-state index in [-0.39, 0.29) is 30.7 Å². The molecule has 0 unspecified atom stereocenters. The van der Waals surface area contributed by atoms with E-state index < -0.39 is 0 Å². The molecule has 0 saturated carbocycles. The number of hydrazine groups is 1. The van der Waals surface area contributed by atoms with Crippen LogP contribution in [0.1, 0.15) is 26.5 Å². The van der Waals surface area contributed by atoms with Gasteiger partial charge < -0.3 is 5.32 Å². The Bertz CT molecular complexity index is 670. The lowest BCUT2D eigenvalue weighted by Gasteiger charge is -2.07. The summed E-state index contributed by atoms with van der Waals surface area (Å²) in [6.45, 7) is 0.195. The van der Waals surface area contributed by atoms with Gasteiger partial charge in [0.25, 0.3) is 11.8 Å². The predicted molar refractivity (Wildman–Crippen MR) is 88.9 cm³/mol. The van der Waals surface area contributed by atoms with Crippen molar-refractivity contribution in [1.29, 1.82) is 0 Å². The molecule has 0 radical (unpaired) electrons. The normalized spacial score (nSPS) is 10.0. The fourth-order valence-corrected chi connectivity index (χ4v) is 3.39. The van der Waals surface area contributed by atoms with Crippen molar-refractivity contribution < 1.29 is 14.4 Å². The molecule has 116 valence electrons. The quantitative estimate of drug-likeness (QED) is 0.670. The van der Waals surface area contributed by atoms with Crippen LogP contribution in [0.5, 0.6) is 0 Å². The number of halogens is 1. The number of carbonyl (C=O) groups is 3. The number of hydrogen-bond donors (Lipinski definition) is 3. The third-order valence-electron chi connectivity index (χ3n) is 2.53. The summed E-state index contributed by atoms with van der Waals surface area (Å²) >= 11 is 5.95. The van der Waals surface area contributed by atoms with Crippen LogP contribution in [-0.4, -0.2) is 24.3 Å². The van der Waals surface area contributed by atoms with Gasteiger partial charge in [-0.1, -0.05) is 0 Å². The van der Waals surface area contributed by atoms with Gasteiger partial charge in [-0.05, 0) is 39.5 Å². The molecular weight excluding hydrogens is 390 g/mol. The monoisotopic (exact) mass is 401 g/mol. The molecule has 2 aromatic heterocycles. The van der Waals surface area contributed by atoms with Gasteiger partial charge in [-0.2, -0.15) is 11.3 Å². The SMILES string of the molecule is O=C(CCNC(=O)c1ccsc1)NNC(=O)c1ccc(Br)s1. The highest BCUT2D eigenvalue weighted by atomic mass is 79.9. The molecule has 0 aliphatic carbocycles. The van der Waals surface area contributed by atoms with Crippen LogP contribution >= 0.6 is 38.6 Å². The van der Waals surface area contributed by atoms with Gasteiger partial charge in [-0.3, -0.25) is 25.2 Å². The van der Waals surface area contributed by atoms with Gasteiger partial charge in [-0.25, -0.2) is 0 Å². The zero-order valence-corrected chi connectivity index (χ0v) is 14.4. The maximum absolute atomic E-state index is 11.7. The summed E-state index contributed by atoms with van der Waals surface area (Å²) in [5, 5.41) is 6.17. The number of hydrogen-bond acceptors (Lipinski definition) is 5. The first-order valence-electron chi connectivity index (χ1n) is 6.21. The van der Waals surface area contributed by atoms with E-state index in [2.05, 4.69) is 32.1 Å². The summed E-state index contributed by atoms with van der Waals surface area (Å²) in [7, 11) is 0. The van der Waals surface area contributed by atoms with Crippen LogP contribution in [0.25, 0.3) is 0 Å². The van der Waals surface area contributed by atoms with E-state index in [0.29, 0.717) is 10.4 Å². The maximum Gasteiger partial charge on any atom is 0.279 e. The molecule has 0 aliphatic heterocycles. The second-order valence-electron chi connectivity index (χ2n) is 4.12. The number of rotatable bonds is 5. The summed E-state index contributed by atoms with van der Waals surface area (Å²) < 4.78 is 0.833. The van der Waals surface area contributed by atoms with Gasteiger partial charge in [0.1, 0.15) is 0 Å². The van der Waals surface area contributed by atoms with Gasteiger partial charge >= 0.3 is 0 Å². The van der Waals surface area contributed by atoms with E-state index in [1.165, 1.54) is 22.7 Å². The molecule has 0 bridgehead atoms. The number of thiophene rings is 2. The van der Waals surface area contributed by atoms with Crippen molar-refractivity contribution in [2.24, 2.45) is 0 Å². The van der Waals surface area contributed by atoms with E-state index in [1.807, 2.05) is 0 Å². The zero-order valence-electron chi connectivity index (χ0n) is 11.2. The maximum atomic E-state index is 11.7. The summed E-state index contributed by atoms with van der Waals surface area (Å²) in [5.74, 6) is -0.984. The molecule has 0 aliphatic rings. The molecule has 0 saturated heterocycles. The minimum absolute atomic E-state index is 0.0737. The molecule has 0 fully saturated rings. The number of amides is 3. The summed E-state index contributed by atoms with van der Waals surface area (Å²) in [6, 6.07) is 5.11. The standard InChI is InChI=1S/C13H12BrN3O3S2/c14-10-2-1-9(22-10)13(20)17-16-11(18)3-5-15-12(19)8-4-6-21-7-8/h1-2,4,6-7H,3,5H2,(H,15,19)(H,16,18)(H,17,20). The Hall–Kier alpha value is -1.71. The van der Waals surface area contributed by atoms with Crippen LogP contribution in [0.4, 0.5) is 0 Å². The Morgan fingerprint density at radius 1 is 1.09 bits per heavy atom. The molecule has 3 N–H and O–H groups in total.